The third-order valence-corrected chi connectivity index (χ3v) is 3.25. The van der Waals surface area contributed by atoms with Crippen molar-refractivity contribution in [1.29, 1.82) is 0 Å². The van der Waals surface area contributed by atoms with Crippen LogP contribution < -0.4 is 15.4 Å². The molecular formula is C18H22N2O2. The van der Waals surface area contributed by atoms with Crippen molar-refractivity contribution in [3.63, 3.8) is 0 Å². The Morgan fingerprint density at radius 3 is 2.68 bits per heavy atom. The molecule has 0 fully saturated rings. The first kappa shape index (κ1) is 15.9. The van der Waals surface area contributed by atoms with Crippen LogP contribution in [0.3, 0.4) is 0 Å². The van der Waals surface area contributed by atoms with E-state index in [-0.39, 0.29) is 12.5 Å². The zero-order valence-corrected chi connectivity index (χ0v) is 13.3. The molecule has 0 atom stereocenters. The summed E-state index contributed by atoms with van der Waals surface area (Å²) in [6.45, 7) is 6.83. The molecule has 0 aliphatic carbocycles. The van der Waals surface area contributed by atoms with Gasteiger partial charge < -0.3 is 15.4 Å². The maximum Gasteiger partial charge on any atom is 0.243 e. The topological polar surface area (TPSA) is 50.4 Å². The van der Waals surface area contributed by atoms with Crippen LogP contribution >= 0.6 is 0 Å². The molecule has 0 aliphatic rings. The first-order valence-electron chi connectivity index (χ1n) is 7.42. The highest BCUT2D eigenvalue weighted by atomic mass is 16.5. The predicted octanol–water partition coefficient (Wildman–Crippen LogP) is 3.75. The third kappa shape index (κ3) is 4.52. The van der Waals surface area contributed by atoms with Gasteiger partial charge in [-0.05, 0) is 44.5 Å². The van der Waals surface area contributed by atoms with Crippen LogP contribution in [0.25, 0.3) is 0 Å². The average Bonchev–Trinajstić information content (AvgIpc) is 2.47. The Bertz CT molecular complexity index is 653. The molecular weight excluding hydrogens is 276 g/mol. The van der Waals surface area contributed by atoms with Crippen LogP contribution in [0.4, 0.5) is 11.4 Å². The second kappa shape index (κ2) is 7.50. The number of ether oxygens (including phenoxy) is 1. The van der Waals surface area contributed by atoms with Crippen LogP contribution in [0, 0.1) is 13.8 Å². The highest BCUT2D eigenvalue weighted by molar-refractivity contribution is 5.94. The molecule has 1 amide bonds. The molecule has 0 aromatic heterocycles. The number of benzene rings is 2. The molecule has 0 unspecified atom stereocenters. The zero-order chi connectivity index (χ0) is 15.9. The number of anilines is 2. The molecule has 2 rings (SSSR count). The summed E-state index contributed by atoms with van der Waals surface area (Å²) in [5.74, 6) is 0.663. The lowest BCUT2D eigenvalue weighted by molar-refractivity contribution is -0.114. The quantitative estimate of drug-likeness (QED) is 0.854. The second-order valence-corrected chi connectivity index (χ2v) is 5.18. The second-order valence-electron chi connectivity index (χ2n) is 5.18. The van der Waals surface area contributed by atoms with Crippen LogP contribution in [0.2, 0.25) is 0 Å². The largest absolute Gasteiger partial charge is 0.494 e. The monoisotopic (exact) mass is 298 g/mol. The smallest absolute Gasteiger partial charge is 0.243 e. The molecule has 0 saturated carbocycles. The summed E-state index contributed by atoms with van der Waals surface area (Å²) in [6, 6.07) is 13.5. The molecule has 2 aromatic carbocycles. The van der Waals surface area contributed by atoms with Crippen molar-refractivity contribution < 1.29 is 9.53 Å². The highest BCUT2D eigenvalue weighted by Crippen LogP contribution is 2.18. The molecule has 0 aliphatic heterocycles. The van der Waals surface area contributed by atoms with Gasteiger partial charge in [0.2, 0.25) is 5.91 Å². The lowest BCUT2D eigenvalue weighted by Crippen LogP contribution is -2.22. The van der Waals surface area contributed by atoms with Gasteiger partial charge >= 0.3 is 0 Å². The number of hydrogen-bond acceptors (Lipinski definition) is 3. The fourth-order valence-corrected chi connectivity index (χ4v) is 2.22. The lowest BCUT2D eigenvalue weighted by atomic mass is 10.1. The van der Waals surface area contributed by atoms with Gasteiger partial charge in [0, 0.05) is 17.4 Å². The maximum atomic E-state index is 12.0. The Morgan fingerprint density at radius 2 is 1.95 bits per heavy atom. The van der Waals surface area contributed by atoms with Crippen LogP contribution in [0.1, 0.15) is 18.1 Å². The molecule has 22 heavy (non-hydrogen) atoms. The van der Waals surface area contributed by atoms with Gasteiger partial charge in [0.1, 0.15) is 5.75 Å². The molecule has 0 spiro atoms. The minimum absolute atomic E-state index is 0.0892. The number of rotatable bonds is 6. The lowest BCUT2D eigenvalue weighted by Gasteiger charge is -2.11. The van der Waals surface area contributed by atoms with Gasteiger partial charge in [0.15, 0.2) is 0 Å². The van der Waals surface area contributed by atoms with E-state index < -0.39 is 0 Å². The summed E-state index contributed by atoms with van der Waals surface area (Å²) >= 11 is 0. The van der Waals surface area contributed by atoms with Gasteiger partial charge in [-0.3, -0.25) is 4.79 Å². The van der Waals surface area contributed by atoms with Crippen molar-refractivity contribution in [3.8, 4) is 5.75 Å². The van der Waals surface area contributed by atoms with Gasteiger partial charge in [-0.15, -0.1) is 0 Å². The zero-order valence-electron chi connectivity index (χ0n) is 13.3. The predicted molar refractivity (Wildman–Crippen MR) is 90.6 cm³/mol. The molecule has 2 N–H and O–H groups in total. The number of carbonyl (C=O) groups is 1. The Kier molecular flexibility index (Phi) is 5.42. The Morgan fingerprint density at radius 1 is 1.14 bits per heavy atom. The van der Waals surface area contributed by atoms with Gasteiger partial charge in [0.25, 0.3) is 0 Å². The first-order valence-corrected chi connectivity index (χ1v) is 7.42. The van der Waals surface area contributed by atoms with Crippen LogP contribution in [0.5, 0.6) is 5.75 Å². The van der Waals surface area contributed by atoms with Crippen molar-refractivity contribution >= 4 is 17.3 Å². The van der Waals surface area contributed by atoms with Crippen LogP contribution in [-0.2, 0) is 4.79 Å². The molecule has 4 nitrogen and oxygen atoms in total. The Labute approximate surface area is 131 Å². The standard InChI is InChI=1S/C18H22N2O2/c1-4-22-16-7-5-6-15(11-16)20-18(21)12-19-17-9-8-13(2)10-14(17)3/h5-11,19H,4,12H2,1-3H3,(H,20,21). The van der Waals surface area contributed by atoms with E-state index in [2.05, 4.69) is 23.6 Å². The van der Waals surface area contributed by atoms with E-state index in [9.17, 15) is 4.79 Å². The van der Waals surface area contributed by atoms with E-state index in [0.717, 1.165) is 22.7 Å². The van der Waals surface area contributed by atoms with E-state index in [1.54, 1.807) is 0 Å². The minimum atomic E-state index is -0.0892. The molecule has 2 aromatic rings. The van der Waals surface area contributed by atoms with E-state index in [0.29, 0.717) is 6.61 Å². The maximum absolute atomic E-state index is 12.0. The number of aryl methyl sites for hydroxylation is 2. The number of amides is 1. The number of nitrogens with one attached hydrogen (secondary N) is 2. The van der Waals surface area contributed by atoms with Gasteiger partial charge in [-0.1, -0.05) is 23.8 Å². The van der Waals surface area contributed by atoms with Crippen molar-refractivity contribution in [2.75, 3.05) is 23.8 Å². The van der Waals surface area contributed by atoms with Crippen molar-refractivity contribution in [2.24, 2.45) is 0 Å². The summed E-state index contributed by atoms with van der Waals surface area (Å²) in [6.07, 6.45) is 0. The van der Waals surface area contributed by atoms with E-state index in [4.69, 9.17) is 4.74 Å². The molecule has 116 valence electrons. The van der Waals surface area contributed by atoms with E-state index in [1.165, 1.54) is 5.56 Å². The summed E-state index contributed by atoms with van der Waals surface area (Å²) in [5.41, 5.74) is 4.05. The summed E-state index contributed by atoms with van der Waals surface area (Å²) in [5, 5.41) is 6.02. The van der Waals surface area contributed by atoms with Crippen molar-refractivity contribution in [1.82, 2.24) is 0 Å². The number of carbonyl (C=O) groups excluding carboxylic acids is 1. The third-order valence-electron chi connectivity index (χ3n) is 3.25. The normalized spacial score (nSPS) is 10.1. The van der Waals surface area contributed by atoms with Gasteiger partial charge in [0.05, 0.1) is 13.2 Å². The van der Waals surface area contributed by atoms with Crippen molar-refractivity contribution in [3.05, 3.63) is 53.6 Å². The molecule has 0 bridgehead atoms. The van der Waals surface area contributed by atoms with E-state index >= 15 is 0 Å². The number of hydrogen-bond donors (Lipinski definition) is 2. The highest BCUT2D eigenvalue weighted by Gasteiger charge is 2.05. The van der Waals surface area contributed by atoms with Crippen LogP contribution in [0.15, 0.2) is 42.5 Å². The molecule has 0 heterocycles. The van der Waals surface area contributed by atoms with Gasteiger partial charge in [-0.2, -0.15) is 0 Å². The van der Waals surface area contributed by atoms with Crippen molar-refractivity contribution in [2.45, 2.75) is 20.8 Å². The molecule has 4 heteroatoms. The first-order chi connectivity index (χ1) is 10.6. The summed E-state index contributed by atoms with van der Waals surface area (Å²) in [4.78, 5) is 12.0. The summed E-state index contributed by atoms with van der Waals surface area (Å²) in [7, 11) is 0. The van der Waals surface area contributed by atoms with E-state index in [1.807, 2.05) is 50.2 Å². The van der Waals surface area contributed by atoms with Crippen LogP contribution in [-0.4, -0.2) is 19.1 Å². The average molecular weight is 298 g/mol. The Balaban J connectivity index is 1.91. The Hall–Kier alpha value is -2.49. The SMILES string of the molecule is CCOc1cccc(NC(=O)CNc2ccc(C)cc2C)c1. The molecule has 0 saturated heterocycles. The fraction of sp³-hybridized carbons (Fsp3) is 0.278. The van der Waals surface area contributed by atoms with Gasteiger partial charge in [-0.25, -0.2) is 0 Å². The fourth-order valence-electron chi connectivity index (χ4n) is 2.22. The molecule has 0 radical (unpaired) electrons. The summed E-state index contributed by atoms with van der Waals surface area (Å²) < 4.78 is 5.42. The minimum Gasteiger partial charge on any atom is -0.494 e.